The molecule has 3 nitrogen and oxygen atoms in total. The zero-order valence-electron chi connectivity index (χ0n) is 9.40. The van der Waals surface area contributed by atoms with Crippen molar-refractivity contribution in [3.8, 4) is 0 Å². The van der Waals surface area contributed by atoms with E-state index < -0.39 is 6.09 Å². The first-order valence-electron chi connectivity index (χ1n) is 5.12. The van der Waals surface area contributed by atoms with Crippen LogP contribution in [0.5, 0.6) is 0 Å². The van der Waals surface area contributed by atoms with Crippen molar-refractivity contribution in [2.24, 2.45) is 0 Å². The van der Waals surface area contributed by atoms with Gasteiger partial charge in [-0.05, 0) is 30.0 Å². The third kappa shape index (κ3) is 2.72. The van der Waals surface area contributed by atoms with Gasteiger partial charge in [0, 0.05) is 12.7 Å². The fourth-order valence-corrected chi connectivity index (χ4v) is 1.37. The van der Waals surface area contributed by atoms with Gasteiger partial charge in [-0.3, -0.25) is 4.90 Å². The average molecular weight is 207 g/mol. The maximum Gasteiger partial charge on any atom is 0.411 e. The zero-order chi connectivity index (χ0) is 11.4. The van der Waals surface area contributed by atoms with Gasteiger partial charge in [-0.15, -0.1) is 0 Å². The van der Waals surface area contributed by atoms with Crippen LogP contribution < -0.4 is 4.90 Å². The minimum absolute atomic E-state index is 0.522. The lowest BCUT2D eigenvalue weighted by atomic mass is 9.98. The van der Waals surface area contributed by atoms with Crippen molar-refractivity contribution in [2.75, 3.05) is 11.9 Å². The minimum Gasteiger partial charge on any atom is -0.465 e. The predicted molar refractivity (Wildman–Crippen MR) is 61.6 cm³/mol. The Labute approximate surface area is 90.3 Å². The topological polar surface area (TPSA) is 40.5 Å². The van der Waals surface area contributed by atoms with Crippen molar-refractivity contribution in [1.29, 1.82) is 0 Å². The van der Waals surface area contributed by atoms with Crippen LogP contribution in [0.25, 0.3) is 0 Å². The summed E-state index contributed by atoms with van der Waals surface area (Å²) < 4.78 is 0. The van der Waals surface area contributed by atoms with Gasteiger partial charge in [0.05, 0.1) is 0 Å². The van der Waals surface area contributed by atoms with E-state index in [1.54, 1.807) is 7.05 Å². The molecule has 1 unspecified atom stereocenters. The molecule has 82 valence electrons. The van der Waals surface area contributed by atoms with Crippen molar-refractivity contribution in [2.45, 2.75) is 26.2 Å². The summed E-state index contributed by atoms with van der Waals surface area (Å²) in [5.74, 6) is 0.522. The van der Waals surface area contributed by atoms with Crippen molar-refractivity contribution in [3.05, 3.63) is 29.8 Å². The van der Waals surface area contributed by atoms with Crippen molar-refractivity contribution in [1.82, 2.24) is 0 Å². The van der Waals surface area contributed by atoms with Gasteiger partial charge in [-0.25, -0.2) is 4.79 Å². The molecule has 1 aromatic carbocycles. The van der Waals surface area contributed by atoms with Gasteiger partial charge < -0.3 is 5.11 Å². The standard InChI is InChI=1S/C12H17NO2/c1-4-9(2)10-5-7-11(8-6-10)13(3)12(14)15/h5-9H,4H2,1-3H3,(H,14,15). The Bertz CT molecular complexity index is 332. The molecule has 1 N–H and O–H groups in total. The number of carboxylic acid groups (broad SMARTS) is 1. The smallest absolute Gasteiger partial charge is 0.411 e. The molecule has 0 aliphatic heterocycles. The van der Waals surface area contributed by atoms with Crippen LogP contribution >= 0.6 is 0 Å². The summed E-state index contributed by atoms with van der Waals surface area (Å²) in [4.78, 5) is 11.9. The molecule has 1 amide bonds. The van der Waals surface area contributed by atoms with Crippen LogP contribution in [0.15, 0.2) is 24.3 Å². The lowest BCUT2D eigenvalue weighted by Crippen LogP contribution is -2.23. The molecular formula is C12H17NO2. The zero-order valence-corrected chi connectivity index (χ0v) is 9.40. The van der Waals surface area contributed by atoms with E-state index in [2.05, 4.69) is 13.8 Å². The van der Waals surface area contributed by atoms with Gasteiger partial charge in [0.2, 0.25) is 0 Å². The van der Waals surface area contributed by atoms with Crippen LogP contribution in [0.3, 0.4) is 0 Å². The molecule has 15 heavy (non-hydrogen) atoms. The van der Waals surface area contributed by atoms with Crippen LogP contribution in [-0.2, 0) is 0 Å². The molecule has 1 rings (SSSR count). The highest BCUT2D eigenvalue weighted by molar-refractivity contribution is 5.85. The van der Waals surface area contributed by atoms with Crippen LogP contribution in [0.2, 0.25) is 0 Å². The highest BCUT2D eigenvalue weighted by Gasteiger charge is 2.08. The van der Waals surface area contributed by atoms with Gasteiger partial charge >= 0.3 is 6.09 Å². The Morgan fingerprint density at radius 1 is 1.40 bits per heavy atom. The number of hydrogen-bond donors (Lipinski definition) is 1. The molecule has 0 aliphatic rings. The monoisotopic (exact) mass is 207 g/mol. The lowest BCUT2D eigenvalue weighted by molar-refractivity contribution is 0.203. The fraction of sp³-hybridized carbons (Fsp3) is 0.417. The maximum atomic E-state index is 10.7. The van der Waals surface area contributed by atoms with Crippen molar-refractivity contribution < 1.29 is 9.90 Å². The Balaban J connectivity index is 2.85. The number of nitrogens with zero attached hydrogens (tertiary/aromatic N) is 1. The second-order valence-electron chi connectivity index (χ2n) is 3.74. The third-order valence-corrected chi connectivity index (χ3v) is 2.75. The summed E-state index contributed by atoms with van der Waals surface area (Å²) in [7, 11) is 1.54. The second kappa shape index (κ2) is 4.82. The lowest BCUT2D eigenvalue weighted by Gasteiger charge is -2.15. The summed E-state index contributed by atoms with van der Waals surface area (Å²) in [6, 6.07) is 7.66. The van der Waals surface area contributed by atoms with E-state index in [1.165, 1.54) is 10.5 Å². The quantitative estimate of drug-likeness (QED) is 0.826. The van der Waals surface area contributed by atoms with Gasteiger partial charge in [-0.1, -0.05) is 26.0 Å². The molecule has 3 heteroatoms. The molecule has 0 radical (unpaired) electrons. The number of amides is 1. The summed E-state index contributed by atoms with van der Waals surface area (Å²) in [6.07, 6.45) is 0.153. The van der Waals surface area contributed by atoms with Crippen LogP contribution in [-0.4, -0.2) is 18.2 Å². The van der Waals surface area contributed by atoms with Crippen LogP contribution in [0.1, 0.15) is 31.7 Å². The number of anilines is 1. The molecule has 1 atom stereocenters. The van der Waals surface area contributed by atoms with E-state index in [4.69, 9.17) is 5.11 Å². The summed E-state index contributed by atoms with van der Waals surface area (Å²) in [6.45, 7) is 4.30. The van der Waals surface area contributed by atoms with Crippen molar-refractivity contribution in [3.63, 3.8) is 0 Å². The van der Waals surface area contributed by atoms with Gasteiger partial charge in [0.15, 0.2) is 0 Å². The minimum atomic E-state index is -0.939. The van der Waals surface area contributed by atoms with Gasteiger partial charge in [0.1, 0.15) is 0 Å². The first-order chi connectivity index (χ1) is 7.06. The second-order valence-corrected chi connectivity index (χ2v) is 3.74. The largest absolute Gasteiger partial charge is 0.465 e. The molecule has 0 saturated carbocycles. The van der Waals surface area contributed by atoms with Crippen molar-refractivity contribution >= 4 is 11.8 Å². The Morgan fingerprint density at radius 2 is 1.93 bits per heavy atom. The first-order valence-corrected chi connectivity index (χ1v) is 5.12. The molecule has 0 aromatic heterocycles. The Kier molecular flexibility index (Phi) is 3.72. The molecule has 0 aliphatic carbocycles. The van der Waals surface area contributed by atoms with E-state index >= 15 is 0 Å². The molecule has 0 heterocycles. The SMILES string of the molecule is CCC(C)c1ccc(N(C)C(=O)O)cc1. The summed E-state index contributed by atoms with van der Waals surface area (Å²) in [5.41, 5.74) is 1.95. The molecule has 0 spiro atoms. The summed E-state index contributed by atoms with van der Waals surface area (Å²) >= 11 is 0. The van der Waals surface area contributed by atoms with E-state index in [9.17, 15) is 4.79 Å². The molecule has 0 bridgehead atoms. The van der Waals surface area contributed by atoms with Gasteiger partial charge in [-0.2, -0.15) is 0 Å². The van der Waals surface area contributed by atoms with Crippen LogP contribution in [0.4, 0.5) is 10.5 Å². The molecule has 0 saturated heterocycles. The summed E-state index contributed by atoms with van der Waals surface area (Å²) in [5, 5.41) is 8.79. The third-order valence-electron chi connectivity index (χ3n) is 2.75. The highest BCUT2D eigenvalue weighted by atomic mass is 16.4. The van der Waals surface area contributed by atoms with Gasteiger partial charge in [0.25, 0.3) is 0 Å². The van der Waals surface area contributed by atoms with E-state index in [1.807, 2.05) is 24.3 Å². The van der Waals surface area contributed by atoms with E-state index in [0.29, 0.717) is 11.6 Å². The number of carbonyl (C=O) groups is 1. The number of benzene rings is 1. The number of hydrogen-bond acceptors (Lipinski definition) is 1. The first kappa shape index (κ1) is 11.6. The Morgan fingerprint density at radius 3 is 2.33 bits per heavy atom. The Hall–Kier alpha value is -1.51. The average Bonchev–Trinajstić information content (AvgIpc) is 2.27. The van der Waals surface area contributed by atoms with Crippen LogP contribution in [0, 0.1) is 0 Å². The maximum absolute atomic E-state index is 10.7. The highest BCUT2D eigenvalue weighted by Crippen LogP contribution is 2.21. The van der Waals surface area contributed by atoms with E-state index in [-0.39, 0.29) is 0 Å². The van der Waals surface area contributed by atoms with E-state index in [0.717, 1.165) is 6.42 Å². The number of rotatable bonds is 3. The molecule has 1 aromatic rings. The molecule has 0 fully saturated rings. The molecular weight excluding hydrogens is 190 g/mol. The fourth-order valence-electron chi connectivity index (χ4n) is 1.37. The normalized spacial score (nSPS) is 12.2. The predicted octanol–water partition coefficient (Wildman–Crippen LogP) is 3.31.